The van der Waals surface area contributed by atoms with Gasteiger partial charge in [0.05, 0.1) is 18.0 Å². The average molecular weight is 537 g/mol. The summed E-state index contributed by atoms with van der Waals surface area (Å²) < 4.78 is 38.6. The highest BCUT2D eigenvalue weighted by Crippen LogP contribution is 2.46. The van der Waals surface area contributed by atoms with Crippen molar-refractivity contribution in [3.05, 3.63) is 132 Å². The van der Waals surface area contributed by atoms with E-state index in [4.69, 9.17) is 4.74 Å². The van der Waals surface area contributed by atoms with Crippen molar-refractivity contribution < 1.29 is 13.2 Å². The Hall–Kier alpha value is -3.71. The second-order valence-electron chi connectivity index (χ2n) is 10.6. The monoisotopic (exact) mass is 536 g/mol. The molecule has 0 spiro atoms. The quantitative estimate of drug-likeness (QED) is 0.302. The summed E-state index contributed by atoms with van der Waals surface area (Å²) in [5.41, 5.74) is 6.61. The molecular formula is C33H32N2O3S. The van der Waals surface area contributed by atoms with E-state index < -0.39 is 15.6 Å². The average Bonchev–Trinajstić information content (AvgIpc) is 3.31. The van der Waals surface area contributed by atoms with Crippen LogP contribution in [0.25, 0.3) is 16.5 Å². The summed E-state index contributed by atoms with van der Waals surface area (Å²) >= 11 is 0. The van der Waals surface area contributed by atoms with Gasteiger partial charge in [0.15, 0.2) is 0 Å². The van der Waals surface area contributed by atoms with E-state index in [-0.39, 0.29) is 24.6 Å². The van der Waals surface area contributed by atoms with Crippen molar-refractivity contribution in [3.63, 3.8) is 0 Å². The Morgan fingerprint density at radius 1 is 0.846 bits per heavy atom. The maximum Gasteiger partial charge on any atom is 0.243 e. The summed E-state index contributed by atoms with van der Waals surface area (Å²) in [6.07, 6.45) is 0. The minimum atomic E-state index is -3.78. The number of para-hydroxylation sites is 1. The van der Waals surface area contributed by atoms with Crippen molar-refractivity contribution in [2.45, 2.75) is 30.9 Å². The lowest BCUT2D eigenvalue weighted by Crippen LogP contribution is -2.51. The summed E-state index contributed by atoms with van der Waals surface area (Å²) in [6.45, 7) is 14.1. The predicted molar refractivity (Wildman–Crippen MR) is 157 cm³/mol. The fraction of sp³-hybridized carbons (Fsp3) is 0.212. The maximum atomic E-state index is 13.9. The Morgan fingerprint density at radius 3 is 2.28 bits per heavy atom. The molecule has 3 aromatic carbocycles. The molecule has 0 unspecified atom stereocenters. The molecule has 0 bridgehead atoms. The van der Waals surface area contributed by atoms with E-state index in [1.165, 1.54) is 0 Å². The highest BCUT2D eigenvalue weighted by molar-refractivity contribution is 7.89. The topological polar surface area (TPSA) is 51.5 Å². The third-order valence-electron chi connectivity index (χ3n) is 7.91. The number of benzene rings is 3. The van der Waals surface area contributed by atoms with Gasteiger partial charge in [-0.2, -0.15) is 4.31 Å². The van der Waals surface area contributed by atoms with E-state index in [0.29, 0.717) is 6.54 Å². The molecule has 198 valence electrons. The summed E-state index contributed by atoms with van der Waals surface area (Å²) in [5.74, 6) is 0. The van der Waals surface area contributed by atoms with E-state index >= 15 is 0 Å². The highest BCUT2D eigenvalue weighted by Gasteiger charge is 2.48. The van der Waals surface area contributed by atoms with Gasteiger partial charge >= 0.3 is 0 Å². The van der Waals surface area contributed by atoms with Crippen molar-refractivity contribution in [1.29, 1.82) is 0 Å². The number of aromatic nitrogens is 1. The lowest BCUT2D eigenvalue weighted by Gasteiger charge is -2.45. The number of hydrogen-bond acceptors (Lipinski definition) is 3. The Balaban J connectivity index is 1.53. The SMILES string of the molecule is C=C1Cn2c(cc3ccccc32)C(=C)CO[C@]2(c3ccccc3)CN(S(=O)(=O)c3ccc(C)cc3)CC(C)=C12. The molecule has 6 rings (SSSR count). The molecule has 0 radical (unpaired) electrons. The first-order valence-electron chi connectivity index (χ1n) is 13.1. The van der Waals surface area contributed by atoms with Crippen LogP contribution in [-0.4, -0.2) is 37.0 Å². The van der Waals surface area contributed by atoms with Crippen LogP contribution >= 0.6 is 0 Å². The van der Waals surface area contributed by atoms with Crippen LogP contribution in [0.1, 0.15) is 23.7 Å². The van der Waals surface area contributed by atoms with Gasteiger partial charge in [0.2, 0.25) is 10.0 Å². The number of nitrogens with zero attached hydrogens (tertiary/aromatic N) is 2. The number of hydrogen-bond donors (Lipinski definition) is 0. The molecule has 0 fully saturated rings. The van der Waals surface area contributed by atoms with Crippen LogP contribution in [0.5, 0.6) is 0 Å². The van der Waals surface area contributed by atoms with Crippen molar-refractivity contribution in [2.75, 3.05) is 19.7 Å². The van der Waals surface area contributed by atoms with Crippen LogP contribution in [-0.2, 0) is 26.9 Å². The smallest absolute Gasteiger partial charge is 0.243 e. The van der Waals surface area contributed by atoms with E-state index in [1.54, 1.807) is 16.4 Å². The van der Waals surface area contributed by atoms with Crippen LogP contribution in [0, 0.1) is 6.92 Å². The van der Waals surface area contributed by atoms with E-state index in [2.05, 4.69) is 35.9 Å². The summed E-state index contributed by atoms with van der Waals surface area (Å²) in [6, 6.07) is 27.4. The predicted octanol–water partition coefficient (Wildman–Crippen LogP) is 6.47. The summed E-state index contributed by atoms with van der Waals surface area (Å²) in [5, 5.41) is 1.14. The number of fused-ring (bicyclic) bond motifs is 4. The van der Waals surface area contributed by atoms with Gasteiger partial charge in [-0.1, -0.05) is 85.0 Å². The van der Waals surface area contributed by atoms with E-state index in [1.807, 2.05) is 68.4 Å². The molecule has 0 aliphatic carbocycles. The molecule has 2 aliphatic rings. The Bertz CT molecular complexity index is 1750. The van der Waals surface area contributed by atoms with Crippen LogP contribution in [0.2, 0.25) is 0 Å². The molecule has 0 N–H and O–H groups in total. The van der Waals surface area contributed by atoms with Crippen molar-refractivity contribution in [3.8, 4) is 0 Å². The largest absolute Gasteiger partial charge is 0.359 e. The van der Waals surface area contributed by atoms with Crippen LogP contribution in [0.15, 0.2) is 120 Å². The van der Waals surface area contributed by atoms with E-state index in [9.17, 15) is 8.42 Å². The van der Waals surface area contributed by atoms with Gasteiger partial charge in [0.25, 0.3) is 0 Å². The normalized spacial score (nSPS) is 20.8. The Morgan fingerprint density at radius 2 is 1.54 bits per heavy atom. The first-order valence-corrected chi connectivity index (χ1v) is 14.6. The minimum Gasteiger partial charge on any atom is -0.359 e. The van der Waals surface area contributed by atoms with Crippen LogP contribution in [0.4, 0.5) is 0 Å². The zero-order valence-corrected chi connectivity index (χ0v) is 23.2. The van der Waals surface area contributed by atoms with E-state index in [0.717, 1.165) is 50.0 Å². The van der Waals surface area contributed by atoms with Gasteiger partial charge in [-0.15, -0.1) is 0 Å². The fourth-order valence-corrected chi connectivity index (χ4v) is 7.55. The number of sulfonamides is 1. The first kappa shape index (κ1) is 25.6. The number of aryl methyl sites for hydroxylation is 1. The molecule has 4 aromatic rings. The van der Waals surface area contributed by atoms with Crippen LogP contribution < -0.4 is 0 Å². The molecule has 6 heteroatoms. The maximum absolute atomic E-state index is 13.9. The van der Waals surface area contributed by atoms with Gasteiger partial charge < -0.3 is 9.30 Å². The molecule has 1 aromatic heterocycles. The minimum absolute atomic E-state index is 0.141. The van der Waals surface area contributed by atoms with Crippen molar-refractivity contribution >= 4 is 26.5 Å². The first-order chi connectivity index (χ1) is 18.7. The summed E-state index contributed by atoms with van der Waals surface area (Å²) in [4.78, 5) is 0.279. The molecule has 0 saturated heterocycles. The summed E-state index contributed by atoms with van der Waals surface area (Å²) in [7, 11) is -3.78. The zero-order valence-electron chi connectivity index (χ0n) is 22.4. The second-order valence-corrected chi connectivity index (χ2v) is 12.5. The number of ether oxygens (including phenoxy) is 1. The van der Waals surface area contributed by atoms with Gasteiger partial charge in [-0.3, -0.25) is 0 Å². The Labute approximate surface area is 230 Å². The molecule has 1 atom stereocenters. The van der Waals surface area contributed by atoms with Gasteiger partial charge in [0, 0.05) is 29.7 Å². The second kappa shape index (κ2) is 9.49. The molecule has 0 saturated carbocycles. The van der Waals surface area contributed by atoms with Crippen molar-refractivity contribution in [1.82, 2.24) is 8.87 Å². The molecule has 0 amide bonds. The lowest BCUT2D eigenvalue weighted by atomic mass is 9.77. The molecule has 5 nitrogen and oxygen atoms in total. The number of rotatable bonds is 3. The van der Waals surface area contributed by atoms with Gasteiger partial charge in [0.1, 0.15) is 5.60 Å². The highest BCUT2D eigenvalue weighted by atomic mass is 32.2. The van der Waals surface area contributed by atoms with Gasteiger partial charge in [-0.25, -0.2) is 8.42 Å². The van der Waals surface area contributed by atoms with Gasteiger partial charge in [-0.05, 0) is 60.4 Å². The molecule has 2 aliphatic heterocycles. The molecule has 39 heavy (non-hydrogen) atoms. The fourth-order valence-electron chi connectivity index (χ4n) is 6.06. The zero-order chi connectivity index (χ0) is 27.4. The standard InChI is InChI=1S/C33H32N2O3S/c1-23-14-16-29(17-15-23)39(36,37)34-19-24(2)32-25(3)20-35-30-13-9-8-10-27(30)18-31(35)26(4)21-38-33(32,22-34)28-11-6-5-7-12-28/h5-18H,3-4,19-22H2,1-2H3/t33-/m0/s1. The molecular weight excluding hydrogens is 504 g/mol. The third kappa shape index (κ3) is 4.20. The lowest BCUT2D eigenvalue weighted by molar-refractivity contribution is -0.0188. The van der Waals surface area contributed by atoms with Crippen molar-refractivity contribution in [2.24, 2.45) is 0 Å². The Kier molecular flexibility index (Phi) is 6.22. The molecule has 3 heterocycles. The van der Waals surface area contributed by atoms with Crippen LogP contribution in [0.3, 0.4) is 0 Å². The third-order valence-corrected chi connectivity index (χ3v) is 9.72.